The minimum atomic E-state index is -0.422. The van der Waals surface area contributed by atoms with Crippen LogP contribution < -0.4 is 5.32 Å². The molecule has 18 heavy (non-hydrogen) atoms. The van der Waals surface area contributed by atoms with Gasteiger partial charge in [0.05, 0.1) is 6.61 Å². The zero-order valence-corrected chi connectivity index (χ0v) is 10.7. The SMILES string of the molecule is Cc1ccc(CN2CCCNC(=O)C2CO)cc1. The van der Waals surface area contributed by atoms with Gasteiger partial charge in [-0.25, -0.2) is 0 Å². The molecular formula is C14H20N2O2. The van der Waals surface area contributed by atoms with Gasteiger partial charge in [-0.1, -0.05) is 29.8 Å². The Kier molecular flexibility index (Phi) is 4.33. The smallest absolute Gasteiger partial charge is 0.239 e. The molecule has 1 aliphatic rings. The lowest BCUT2D eigenvalue weighted by Crippen LogP contribution is -2.46. The lowest BCUT2D eigenvalue weighted by molar-refractivity contribution is -0.127. The third-order valence-electron chi connectivity index (χ3n) is 3.34. The molecule has 1 fully saturated rings. The summed E-state index contributed by atoms with van der Waals surface area (Å²) < 4.78 is 0. The van der Waals surface area contributed by atoms with Crippen LogP contribution in [0.15, 0.2) is 24.3 Å². The number of aliphatic hydroxyl groups is 1. The lowest BCUT2D eigenvalue weighted by atomic mass is 10.1. The summed E-state index contributed by atoms with van der Waals surface area (Å²) in [4.78, 5) is 13.8. The highest BCUT2D eigenvalue weighted by Crippen LogP contribution is 2.12. The van der Waals surface area contributed by atoms with Gasteiger partial charge in [0.2, 0.25) is 5.91 Å². The van der Waals surface area contributed by atoms with Crippen LogP contribution in [0.4, 0.5) is 0 Å². The second kappa shape index (κ2) is 5.98. The summed E-state index contributed by atoms with van der Waals surface area (Å²) in [6.07, 6.45) is 0.925. The molecule has 2 rings (SSSR count). The second-order valence-electron chi connectivity index (χ2n) is 4.80. The predicted octanol–water partition coefficient (Wildman–Crippen LogP) is 0.678. The van der Waals surface area contributed by atoms with Crippen molar-refractivity contribution in [3.63, 3.8) is 0 Å². The number of hydrogen-bond donors (Lipinski definition) is 2. The molecule has 1 aliphatic heterocycles. The summed E-state index contributed by atoms with van der Waals surface area (Å²) in [5, 5.41) is 12.2. The molecule has 0 spiro atoms. The van der Waals surface area contributed by atoms with E-state index in [9.17, 15) is 9.90 Å². The number of amides is 1. The molecule has 1 amide bonds. The van der Waals surface area contributed by atoms with Gasteiger partial charge in [-0.2, -0.15) is 0 Å². The van der Waals surface area contributed by atoms with Crippen LogP contribution in [-0.2, 0) is 11.3 Å². The second-order valence-corrected chi connectivity index (χ2v) is 4.80. The van der Waals surface area contributed by atoms with Crippen molar-refractivity contribution in [2.75, 3.05) is 19.7 Å². The highest BCUT2D eigenvalue weighted by Gasteiger charge is 2.27. The van der Waals surface area contributed by atoms with E-state index in [0.717, 1.165) is 13.0 Å². The van der Waals surface area contributed by atoms with Gasteiger partial charge in [0, 0.05) is 19.6 Å². The Balaban J connectivity index is 2.09. The molecule has 98 valence electrons. The number of carbonyl (C=O) groups excluding carboxylic acids is 1. The van der Waals surface area contributed by atoms with Gasteiger partial charge in [0.25, 0.3) is 0 Å². The highest BCUT2D eigenvalue weighted by atomic mass is 16.3. The molecule has 1 aromatic carbocycles. The third-order valence-corrected chi connectivity index (χ3v) is 3.34. The molecule has 4 nitrogen and oxygen atoms in total. The number of benzene rings is 1. The fraction of sp³-hybridized carbons (Fsp3) is 0.500. The number of nitrogens with one attached hydrogen (secondary N) is 1. The zero-order chi connectivity index (χ0) is 13.0. The van der Waals surface area contributed by atoms with Crippen molar-refractivity contribution in [2.45, 2.75) is 25.9 Å². The van der Waals surface area contributed by atoms with Crippen LogP contribution in [0.1, 0.15) is 17.5 Å². The summed E-state index contributed by atoms with van der Waals surface area (Å²) in [6.45, 7) is 4.16. The van der Waals surface area contributed by atoms with Crippen LogP contribution in [0.2, 0.25) is 0 Å². The number of aliphatic hydroxyl groups excluding tert-OH is 1. The van der Waals surface area contributed by atoms with E-state index >= 15 is 0 Å². The number of nitrogens with zero attached hydrogens (tertiary/aromatic N) is 1. The molecule has 1 heterocycles. The first-order valence-electron chi connectivity index (χ1n) is 6.39. The van der Waals surface area contributed by atoms with Crippen molar-refractivity contribution in [2.24, 2.45) is 0 Å². The molecule has 1 atom stereocenters. The topological polar surface area (TPSA) is 52.6 Å². The van der Waals surface area contributed by atoms with Crippen molar-refractivity contribution in [3.8, 4) is 0 Å². The molecule has 1 saturated heterocycles. The van der Waals surface area contributed by atoms with E-state index in [-0.39, 0.29) is 12.5 Å². The zero-order valence-electron chi connectivity index (χ0n) is 10.7. The van der Waals surface area contributed by atoms with Crippen LogP contribution in [0.3, 0.4) is 0 Å². The van der Waals surface area contributed by atoms with Gasteiger partial charge < -0.3 is 10.4 Å². The van der Waals surface area contributed by atoms with Crippen molar-refractivity contribution in [3.05, 3.63) is 35.4 Å². The summed E-state index contributed by atoms with van der Waals surface area (Å²) in [5.41, 5.74) is 2.40. The van der Waals surface area contributed by atoms with E-state index in [1.54, 1.807) is 0 Å². The maximum atomic E-state index is 11.8. The van der Waals surface area contributed by atoms with E-state index in [2.05, 4.69) is 36.5 Å². The number of rotatable bonds is 3. The van der Waals surface area contributed by atoms with Gasteiger partial charge in [-0.3, -0.25) is 9.69 Å². The van der Waals surface area contributed by atoms with Crippen molar-refractivity contribution < 1.29 is 9.90 Å². The third kappa shape index (κ3) is 3.09. The molecule has 1 aromatic rings. The van der Waals surface area contributed by atoms with Crippen molar-refractivity contribution >= 4 is 5.91 Å². The minimum Gasteiger partial charge on any atom is -0.394 e. The molecule has 0 bridgehead atoms. The summed E-state index contributed by atoms with van der Waals surface area (Å²) in [7, 11) is 0. The molecule has 0 saturated carbocycles. The quantitative estimate of drug-likeness (QED) is 0.827. The van der Waals surface area contributed by atoms with Gasteiger partial charge in [0.1, 0.15) is 6.04 Å². The van der Waals surface area contributed by atoms with Crippen LogP contribution in [-0.4, -0.2) is 41.7 Å². The van der Waals surface area contributed by atoms with Crippen LogP contribution in [0.5, 0.6) is 0 Å². The normalized spacial score (nSPS) is 21.4. The first-order chi connectivity index (χ1) is 8.70. The molecule has 0 aliphatic carbocycles. The molecule has 1 unspecified atom stereocenters. The Morgan fingerprint density at radius 3 is 2.78 bits per heavy atom. The van der Waals surface area contributed by atoms with Gasteiger partial charge in [0.15, 0.2) is 0 Å². The summed E-state index contributed by atoms with van der Waals surface area (Å²) in [5.74, 6) is -0.0675. The number of aryl methyl sites for hydroxylation is 1. The van der Waals surface area contributed by atoms with E-state index in [1.165, 1.54) is 11.1 Å². The Bertz CT molecular complexity index is 403. The van der Waals surface area contributed by atoms with E-state index in [4.69, 9.17) is 0 Å². The van der Waals surface area contributed by atoms with Crippen molar-refractivity contribution in [1.82, 2.24) is 10.2 Å². The first kappa shape index (κ1) is 13.1. The van der Waals surface area contributed by atoms with Gasteiger partial charge >= 0.3 is 0 Å². The summed E-state index contributed by atoms with van der Waals surface area (Å²) in [6, 6.07) is 7.87. The minimum absolute atomic E-state index is 0.0675. The van der Waals surface area contributed by atoms with E-state index in [0.29, 0.717) is 13.1 Å². The Morgan fingerprint density at radius 1 is 1.39 bits per heavy atom. The molecule has 4 heteroatoms. The Morgan fingerprint density at radius 2 is 2.11 bits per heavy atom. The standard InChI is InChI=1S/C14H20N2O2/c1-11-3-5-12(6-4-11)9-16-8-2-7-15-14(18)13(16)10-17/h3-6,13,17H,2,7-10H2,1H3,(H,15,18). The highest BCUT2D eigenvalue weighted by molar-refractivity contribution is 5.82. The first-order valence-corrected chi connectivity index (χ1v) is 6.39. The van der Waals surface area contributed by atoms with Crippen molar-refractivity contribution in [1.29, 1.82) is 0 Å². The predicted molar refractivity (Wildman–Crippen MR) is 70.1 cm³/mol. The molecule has 0 aromatic heterocycles. The number of carbonyl (C=O) groups is 1. The fourth-order valence-electron chi connectivity index (χ4n) is 2.25. The maximum absolute atomic E-state index is 11.8. The van der Waals surface area contributed by atoms with Crippen LogP contribution >= 0.6 is 0 Å². The van der Waals surface area contributed by atoms with E-state index in [1.807, 2.05) is 4.90 Å². The maximum Gasteiger partial charge on any atom is 0.239 e. The van der Waals surface area contributed by atoms with Gasteiger partial charge in [-0.15, -0.1) is 0 Å². The average molecular weight is 248 g/mol. The summed E-state index contributed by atoms with van der Waals surface area (Å²) >= 11 is 0. The fourth-order valence-corrected chi connectivity index (χ4v) is 2.25. The molecule has 2 N–H and O–H groups in total. The Hall–Kier alpha value is -1.39. The lowest BCUT2D eigenvalue weighted by Gasteiger charge is -2.26. The van der Waals surface area contributed by atoms with Crippen LogP contribution in [0.25, 0.3) is 0 Å². The van der Waals surface area contributed by atoms with Gasteiger partial charge in [-0.05, 0) is 18.9 Å². The van der Waals surface area contributed by atoms with E-state index < -0.39 is 6.04 Å². The molecule has 0 radical (unpaired) electrons. The van der Waals surface area contributed by atoms with Crippen LogP contribution in [0, 0.1) is 6.92 Å². The Labute approximate surface area is 108 Å². The monoisotopic (exact) mass is 248 g/mol. The molecular weight excluding hydrogens is 228 g/mol. The average Bonchev–Trinajstić information content (AvgIpc) is 2.54. The largest absolute Gasteiger partial charge is 0.394 e. The number of hydrogen-bond acceptors (Lipinski definition) is 3.